The molecule has 0 atom stereocenters. The van der Waals surface area contributed by atoms with Gasteiger partial charge in [0.1, 0.15) is 11.5 Å². The van der Waals surface area contributed by atoms with Gasteiger partial charge in [-0.25, -0.2) is 4.79 Å². The highest BCUT2D eigenvalue weighted by Gasteiger charge is 2.26. The Morgan fingerprint density at radius 2 is 1.62 bits per heavy atom. The Kier molecular flexibility index (Phi) is 6.42. The quantitative estimate of drug-likeness (QED) is 0.816. The van der Waals surface area contributed by atoms with Crippen molar-refractivity contribution in [1.82, 2.24) is 15.5 Å². The van der Waals surface area contributed by atoms with Crippen molar-refractivity contribution in [2.45, 2.75) is 45.2 Å². The number of amides is 3. The minimum atomic E-state index is -0.255. The van der Waals surface area contributed by atoms with Crippen LogP contribution in [0, 0.1) is 0 Å². The number of piperidine rings is 1. The van der Waals surface area contributed by atoms with E-state index in [0.29, 0.717) is 24.4 Å². The molecule has 0 spiro atoms. The molecular weight excluding hydrogens is 366 g/mol. The van der Waals surface area contributed by atoms with Gasteiger partial charge in [-0.3, -0.25) is 4.79 Å². The second kappa shape index (κ2) is 8.99. The number of benzene rings is 2. The molecule has 6 heteroatoms. The molecule has 3 amide bonds. The van der Waals surface area contributed by atoms with Crippen LogP contribution in [-0.2, 0) is 0 Å². The second-order valence-electron chi connectivity index (χ2n) is 8.36. The molecular formula is C23H29N3O3. The molecule has 0 bridgehead atoms. The lowest BCUT2D eigenvalue weighted by Crippen LogP contribution is -2.53. The summed E-state index contributed by atoms with van der Waals surface area (Å²) in [7, 11) is 0. The number of nitrogens with one attached hydrogen (secondary N) is 2. The summed E-state index contributed by atoms with van der Waals surface area (Å²) in [5, 5.41) is 6.06. The van der Waals surface area contributed by atoms with Crippen molar-refractivity contribution in [1.29, 1.82) is 0 Å². The average Bonchev–Trinajstić information content (AvgIpc) is 2.68. The lowest BCUT2D eigenvalue weighted by Gasteiger charge is -2.34. The first kappa shape index (κ1) is 20.7. The Labute approximate surface area is 172 Å². The van der Waals surface area contributed by atoms with Crippen molar-refractivity contribution in [3.8, 4) is 11.5 Å². The fraction of sp³-hybridized carbons (Fsp3) is 0.391. The Hall–Kier alpha value is -3.02. The molecule has 1 aliphatic heterocycles. The molecule has 2 aromatic carbocycles. The fourth-order valence-corrected chi connectivity index (χ4v) is 3.22. The number of hydrogen-bond acceptors (Lipinski definition) is 3. The molecule has 154 valence electrons. The van der Waals surface area contributed by atoms with Gasteiger partial charge in [0.05, 0.1) is 0 Å². The Morgan fingerprint density at radius 1 is 0.966 bits per heavy atom. The topological polar surface area (TPSA) is 70.7 Å². The fourth-order valence-electron chi connectivity index (χ4n) is 3.22. The van der Waals surface area contributed by atoms with E-state index in [-0.39, 0.29) is 23.5 Å². The molecule has 1 aliphatic rings. The zero-order valence-electron chi connectivity index (χ0n) is 17.3. The van der Waals surface area contributed by atoms with Crippen LogP contribution in [0.15, 0.2) is 54.6 Å². The molecule has 0 radical (unpaired) electrons. The number of likely N-dealkylation sites (tertiary alicyclic amines) is 1. The number of para-hydroxylation sites is 1. The number of rotatable bonds is 4. The highest BCUT2D eigenvalue weighted by molar-refractivity contribution is 5.94. The van der Waals surface area contributed by atoms with Crippen LogP contribution in [-0.4, -0.2) is 41.5 Å². The van der Waals surface area contributed by atoms with Crippen molar-refractivity contribution in [3.05, 3.63) is 60.2 Å². The van der Waals surface area contributed by atoms with Crippen molar-refractivity contribution >= 4 is 11.9 Å². The van der Waals surface area contributed by atoms with Gasteiger partial charge in [-0.1, -0.05) is 24.3 Å². The number of urea groups is 1. The third-order valence-corrected chi connectivity index (χ3v) is 4.67. The summed E-state index contributed by atoms with van der Waals surface area (Å²) in [4.78, 5) is 26.7. The molecule has 1 heterocycles. The van der Waals surface area contributed by atoms with Crippen molar-refractivity contribution in [2.24, 2.45) is 0 Å². The van der Waals surface area contributed by atoms with Gasteiger partial charge in [0, 0.05) is 30.2 Å². The maximum absolute atomic E-state index is 12.7. The third kappa shape index (κ3) is 6.24. The van der Waals surface area contributed by atoms with Crippen LogP contribution < -0.4 is 15.4 Å². The van der Waals surface area contributed by atoms with E-state index in [0.717, 1.165) is 18.6 Å². The van der Waals surface area contributed by atoms with E-state index in [1.165, 1.54) is 0 Å². The van der Waals surface area contributed by atoms with Gasteiger partial charge in [0.25, 0.3) is 5.91 Å². The van der Waals surface area contributed by atoms with E-state index < -0.39 is 0 Å². The van der Waals surface area contributed by atoms with Crippen molar-refractivity contribution < 1.29 is 14.3 Å². The molecule has 3 rings (SSSR count). The number of hydrogen-bond donors (Lipinski definition) is 2. The van der Waals surface area contributed by atoms with Crippen LogP contribution >= 0.6 is 0 Å². The molecule has 29 heavy (non-hydrogen) atoms. The summed E-state index contributed by atoms with van der Waals surface area (Å²) in [6, 6.07) is 16.6. The molecule has 0 aliphatic carbocycles. The lowest BCUT2D eigenvalue weighted by atomic mass is 10.0. The molecule has 1 fully saturated rings. The zero-order chi connectivity index (χ0) is 20.9. The van der Waals surface area contributed by atoms with Crippen LogP contribution in [0.25, 0.3) is 0 Å². The van der Waals surface area contributed by atoms with Crippen LogP contribution in [0.4, 0.5) is 4.79 Å². The predicted molar refractivity (Wildman–Crippen MR) is 113 cm³/mol. The largest absolute Gasteiger partial charge is 0.457 e. The number of nitrogens with zero attached hydrogens (tertiary/aromatic N) is 1. The number of carbonyl (C=O) groups is 2. The van der Waals surface area contributed by atoms with E-state index >= 15 is 0 Å². The van der Waals surface area contributed by atoms with Gasteiger partial charge in [-0.05, 0) is 63.9 Å². The summed E-state index contributed by atoms with van der Waals surface area (Å²) in [5.41, 5.74) is 0.306. The Balaban J connectivity index is 1.52. The standard InChI is InChI=1S/C23H29N3O3/c1-23(2,3)25-22(28)26-14-12-18(13-15-26)24-21(27)17-8-7-11-20(16-17)29-19-9-5-4-6-10-19/h4-11,16,18H,12-15H2,1-3H3,(H,24,27)(H,25,28). The lowest BCUT2D eigenvalue weighted by molar-refractivity contribution is 0.0917. The van der Waals surface area contributed by atoms with Gasteiger partial charge in [-0.2, -0.15) is 0 Å². The van der Waals surface area contributed by atoms with Gasteiger partial charge in [0.15, 0.2) is 0 Å². The third-order valence-electron chi connectivity index (χ3n) is 4.67. The Morgan fingerprint density at radius 3 is 2.28 bits per heavy atom. The van der Waals surface area contributed by atoms with E-state index in [1.807, 2.05) is 68.1 Å². The average molecular weight is 396 g/mol. The SMILES string of the molecule is CC(C)(C)NC(=O)N1CCC(NC(=O)c2cccc(Oc3ccccc3)c2)CC1. The summed E-state index contributed by atoms with van der Waals surface area (Å²) in [5.74, 6) is 1.23. The van der Waals surface area contributed by atoms with Gasteiger partial charge in [0.2, 0.25) is 0 Å². The first-order chi connectivity index (χ1) is 13.8. The van der Waals surface area contributed by atoms with E-state index in [4.69, 9.17) is 4.74 Å². The van der Waals surface area contributed by atoms with Gasteiger partial charge < -0.3 is 20.3 Å². The minimum Gasteiger partial charge on any atom is -0.457 e. The zero-order valence-corrected chi connectivity index (χ0v) is 17.3. The highest BCUT2D eigenvalue weighted by atomic mass is 16.5. The monoisotopic (exact) mass is 395 g/mol. The van der Waals surface area contributed by atoms with Crippen LogP contribution in [0.1, 0.15) is 44.0 Å². The predicted octanol–water partition coefficient (Wildman–Crippen LogP) is 4.18. The van der Waals surface area contributed by atoms with Crippen LogP contribution in [0.5, 0.6) is 11.5 Å². The molecule has 1 saturated heterocycles. The normalized spacial score (nSPS) is 14.9. The summed E-state index contributed by atoms with van der Waals surface area (Å²) in [6.45, 7) is 7.16. The first-order valence-corrected chi connectivity index (χ1v) is 10.0. The molecule has 0 unspecified atom stereocenters. The highest BCUT2D eigenvalue weighted by Crippen LogP contribution is 2.22. The van der Waals surface area contributed by atoms with Gasteiger partial charge in [-0.15, -0.1) is 0 Å². The molecule has 2 N–H and O–H groups in total. The number of ether oxygens (including phenoxy) is 1. The summed E-state index contributed by atoms with van der Waals surface area (Å²) >= 11 is 0. The maximum Gasteiger partial charge on any atom is 0.317 e. The Bertz CT molecular complexity index is 838. The molecule has 0 aromatic heterocycles. The van der Waals surface area contributed by atoms with Gasteiger partial charge >= 0.3 is 6.03 Å². The summed E-state index contributed by atoms with van der Waals surface area (Å²) < 4.78 is 5.81. The second-order valence-corrected chi connectivity index (χ2v) is 8.36. The van der Waals surface area contributed by atoms with Crippen molar-refractivity contribution in [2.75, 3.05) is 13.1 Å². The first-order valence-electron chi connectivity index (χ1n) is 10.0. The summed E-state index contributed by atoms with van der Waals surface area (Å²) in [6.07, 6.45) is 1.48. The molecule has 0 saturated carbocycles. The van der Waals surface area contributed by atoms with Crippen molar-refractivity contribution in [3.63, 3.8) is 0 Å². The van der Waals surface area contributed by atoms with Crippen LogP contribution in [0.3, 0.4) is 0 Å². The van der Waals surface area contributed by atoms with Crippen LogP contribution in [0.2, 0.25) is 0 Å². The maximum atomic E-state index is 12.7. The molecule has 6 nitrogen and oxygen atoms in total. The smallest absolute Gasteiger partial charge is 0.317 e. The van der Waals surface area contributed by atoms with E-state index in [1.54, 1.807) is 12.1 Å². The number of carbonyl (C=O) groups excluding carboxylic acids is 2. The minimum absolute atomic E-state index is 0.0481. The molecule has 2 aromatic rings. The van der Waals surface area contributed by atoms with E-state index in [9.17, 15) is 9.59 Å². The van der Waals surface area contributed by atoms with E-state index in [2.05, 4.69) is 10.6 Å².